The normalized spacial score (nSPS) is 5.00. The molecule has 0 aliphatic heterocycles. The quantitative estimate of drug-likeness (QED) is 0.307. The van der Waals surface area contributed by atoms with Crippen LogP contribution in [0.15, 0.2) is 5.34 Å². The van der Waals surface area contributed by atoms with Crippen molar-refractivity contribution in [2.45, 2.75) is 0 Å². The molecule has 0 amide bonds. The van der Waals surface area contributed by atoms with Gasteiger partial charge in [0.2, 0.25) is 0 Å². The summed E-state index contributed by atoms with van der Waals surface area (Å²) in [5.74, 6) is 0. The van der Waals surface area contributed by atoms with Gasteiger partial charge in [-0.25, -0.2) is 10.1 Å². The van der Waals surface area contributed by atoms with Gasteiger partial charge in [0.1, 0.15) is 0 Å². The van der Waals surface area contributed by atoms with Crippen LogP contribution in [0, 0.1) is 15.0 Å². The van der Waals surface area contributed by atoms with Gasteiger partial charge in [-0.05, 0) is 0 Å². The molecule has 2 radical (unpaired) electrons. The van der Waals surface area contributed by atoms with E-state index in [1.165, 1.54) is 5.34 Å². The topological polar surface area (TPSA) is 81.8 Å². The van der Waals surface area contributed by atoms with Crippen molar-refractivity contribution >= 4 is 0 Å². The zero-order chi connectivity index (χ0) is 4.99. The van der Waals surface area contributed by atoms with Crippen molar-refractivity contribution in [3.05, 3.63) is 15.0 Å². The Balaban J connectivity index is -0.000000125. The van der Waals surface area contributed by atoms with Crippen molar-refractivity contribution in [1.82, 2.24) is 0 Å². The summed E-state index contributed by atoms with van der Waals surface area (Å²) < 4.78 is 0. The second-order valence-corrected chi connectivity index (χ2v) is 0.380. The zero-order valence-electron chi connectivity index (χ0n) is 3.23. The monoisotopic (exact) mass is 296 g/mol. The molecule has 0 aromatic carbocycles. The molecule has 0 saturated heterocycles. The molecular weight excluding hydrogens is 294 g/mol. The Hall–Kier alpha value is 0.0468. The van der Waals surface area contributed by atoms with Gasteiger partial charge in [-0.3, -0.25) is 0 Å². The Morgan fingerprint density at radius 1 is 1.50 bits per heavy atom. The Labute approximate surface area is 69.5 Å². The minimum absolute atomic E-state index is 0. The van der Waals surface area contributed by atoms with Crippen molar-refractivity contribution in [2.75, 3.05) is 0 Å². The first-order valence-corrected chi connectivity index (χ1v) is 0.913. The number of hydrogen-bond acceptors (Lipinski definition) is 5. The molecule has 0 aromatic rings. The van der Waals surface area contributed by atoms with Crippen LogP contribution in [0.3, 0.4) is 0 Å². The van der Waals surface area contributed by atoms with E-state index < -0.39 is 5.09 Å². The standard InChI is InChI=1S/N2O4.2Ru/c3-1-6-2(4)5;;/q;2*+3. The molecule has 0 saturated carbocycles. The average molecular weight is 294 g/mol. The van der Waals surface area contributed by atoms with Crippen molar-refractivity contribution < 1.29 is 49.0 Å². The molecule has 0 unspecified atom stereocenters. The summed E-state index contributed by atoms with van der Waals surface area (Å²) in [4.78, 5) is 20.4. The SMILES string of the molecule is O=NO[N+](=O)[O-].[Ru+3].[Ru+3]. The summed E-state index contributed by atoms with van der Waals surface area (Å²) >= 11 is 0. The van der Waals surface area contributed by atoms with Crippen LogP contribution in [0.1, 0.15) is 0 Å². The van der Waals surface area contributed by atoms with Gasteiger partial charge >= 0.3 is 44.3 Å². The fourth-order valence-electron chi connectivity index (χ4n) is 0.0272. The summed E-state index contributed by atoms with van der Waals surface area (Å²) in [5, 5.41) is 9.08. The largest absolute Gasteiger partial charge is 3.00 e. The molecule has 0 spiro atoms. The van der Waals surface area contributed by atoms with Gasteiger partial charge in [0, 0.05) is 4.91 Å². The number of rotatable bonds is 2. The van der Waals surface area contributed by atoms with E-state index in [0.717, 1.165) is 0 Å². The smallest absolute Gasteiger partial charge is 0.218 e. The van der Waals surface area contributed by atoms with E-state index in [1.54, 1.807) is 0 Å². The van der Waals surface area contributed by atoms with Crippen LogP contribution in [0.4, 0.5) is 0 Å². The van der Waals surface area contributed by atoms with E-state index in [2.05, 4.69) is 4.94 Å². The molecule has 0 N–H and O–H groups in total. The van der Waals surface area contributed by atoms with Gasteiger partial charge in [-0.2, -0.15) is 0 Å². The van der Waals surface area contributed by atoms with Crippen molar-refractivity contribution in [2.24, 2.45) is 5.34 Å². The fraction of sp³-hybridized carbons (Fsp3) is 0. The molecule has 0 aliphatic carbocycles. The molecule has 0 rings (SSSR count). The Morgan fingerprint density at radius 3 is 1.88 bits per heavy atom. The molecule has 0 bridgehead atoms. The summed E-state index contributed by atoms with van der Waals surface area (Å²) in [6.45, 7) is 0. The van der Waals surface area contributed by atoms with Gasteiger partial charge in [0.15, 0.2) is 5.09 Å². The van der Waals surface area contributed by atoms with Crippen LogP contribution in [-0.2, 0) is 43.9 Å². The van der Waals surface area contributed by atoms with Crippen LogP contribution < -0.4 is 0 Å². The molecule has 0 aliphatic rings. The Kier molecular flexibility index (Phi) is 19.8. The molecule has 6 nitrogen and oxygen atoms in total. The summed E-state index contributed by atoms with van der Waals surface area (Å²) in [6, 6.07) is 0. The Bertz CT molecular complexity index is 72.4. The average Bonchev–Trinajstić information content (AvgIpc) is 1.35. The third kappa shape index (κ3) is 16.6. The molecule has 0 aromatic heterocycles. The molecule has 0 atom stereocenters. The zero-order valence-corrected chi connectivity index (χ0v) is 6.71. The third-order valence-electron chi connectivity index (χ3n) is 0.100. The first-order chi connectivity index (χ1) is 2.77. The minimum atomic E-state index is -1.30. The maximum absolute atomic E-state index is 8.89. The summed E-state index contributed by atoms with van der Waals surface area (Å²) in [7, 11) is 0. The van der Waals surface area contributed by atoms with Crippen LogP contribution in [0.5, 0.6) is 0 Å². The van der Waals surface area contributed by atoms with Gasteiger partial charge in [-0.1, -0.05) is 0 Å². The summed E-state index contributed by atoms with van der Waals surface area (Å²) in [5.41, 5.74) is 0. The second-order valence-electron chi connectivity index (χ2n) is 0.380. The predicted octanol–water partition coefficient (Wildman–Crippen LogP) is -0.129. The van der Waals surface area contributed by atoms with Crippen LogP contribution in [-0.4, -0.2) is 5.09 Å². The molecule has 8 heavy (non-hydrogen) atoms. The predicted molar refractivity (Wildman–Crippen MR) is 13.9 cm³/mol. The molecular formula is N2O4Ru2+6. The first kappa shape index (κ1) is 15.7. The fourth-order valence-corrected chi connectivity index (χ4v) is 0.0272. The Morgan fingerprint density at radius 2 is 1.88 bits per heavy atom. The van der Waals surface area contributed by atoms with Crippen LogP contribution in [0.25, 0.3) is 0 Å². The van der Waals surface area contributed by atoms with E-state index in [4.69, 9.17) is 15.0 Å². The number of nitrogens with zero attached hydrogens (tertiary/aromatic N) is 2. The molecule has 44 valence electrons. The van der Waals surface area contributed by atoms with E-state index in [0.29, 0.717) is 0 Å². The molecule has 0 heterocycles. The first-order valence-electron chi connectivity index (χ1n) is 0.913. The van der Waals surface area contributed by atoms with E-state index in [1.807, 2.05) is 0 Å². The van der Waals surface area contributed by atoms with Gasteiger partial charge in [0.25, 0.3) is 0 Å². The minimum Gasteiger partial charge on any atom is -0.218 e. The van der Waals surface area contributed by atoms with E-state index in [-0.39, 0.29) is 39.0 Å². The van der Waals surface area contributed by atoms with E-state index in [9.17, 15) is 0 Å². The van der Waals surface area contributed by atoms with Gasteiger partial charge < -0.3 is 0 Å². The van der Waals surface area contributed by atoms with Crippen molar-refractivity contribution in [3.8, 4) is 0 Å². The van der Waals surface area contributed by atoms with Gasteiger partial charge in [0.05, 0.1) is 0 Å². The molecule has 8 heteroatoms. The maximum atomic E-state index is 8.89. The second kappa shape index (κ2) is 10.1. The van der Waals surface area contributed by atoms with Crippen LogP contribution in [0.2, 0.25) is 0 Å². The van der Waals surface area contributed by atoms with Crippen LogP contribution >= 0.6 is 0 Å². The summed E-state index contributed by atoms with van der Waals surface area (Å²) in [6.07, 6.45) is 0. The molecule has 0 fully saturated rings. The van der Waals surface area contributed by atoms with Gasteiger partial charge in [-0.15, -0.1) is 4.94 Å². The van der Waals surface area contributed by atoms with Crippen molar-refractivity contribution in [3.63, 3.8) is 0 Å². The third-order valence-corrected chi connectivity index (χ3v) is 0.100. The van der Waals surface area contributed by atoms with Crippen molar-refractivity contribution in [1.29, 1.82) is 0 Å². The maximum Gasteiger partial charge on any atom is 3.00 e. The van der Waals surface area contributed by atoms with E-state index >= 15 is 0 Å². The number of hydrogen-bond donors (Lipinski definition) is 0.